The highest BCUT2D eigenvalue weighted by atomic mass is 35.5. The number of fused-ring (bicyclic) bond motifs is 1. The number of hydrogen-bond donors (Lipinski definition) is 2. The number of ether oxygens (including phenoxy) is 5. The fourth-order valence-electron chi connectivity index (χ4n) is 5.09. The lowest BCUT2D eigenvalue weighted by Crippen LogP contribution is -2.29. The van der Waals surface area contributed by atoms with Gasteiger partial charge in [0.25, 0.3) is 11.6 Å². The Bertz CT molecular complexity index is 2860. The van der Waals surface area contributed by atoms with Crippen LogP contribution in [0.2, 0.25) is 20.1 Å². The van der Waals surface area contributed by atoms with Gasteiger partial charge in [0.05, 0.1) is 38.9 Å². The van der Waals surface area contributed by atoms with Crippen molar-refractivity contribution in [1.29, 1.82) is 0 Å². The quantitative estimate of drug-likeness (QED) is 0.0625. The van der Waals surface area contributed by atoms with Crippen LogP contribution in [0.3, 0.4) is 0 Å². The van der Waals surface area contributed by atoms with Gasteiger partial charge >= 0.3 is 18.1 Å². The van der Waals surface area contributed by atoms with Crippen LogP contribution < -0.4 is 23.7 Å². The highest BCUT2D eigenvalue weighted by Gasteiger charge is 2.31. The molecule has 1 aromatic heterocycles. The number of sulfonamides is 1. The molecule has 0 aliphatic heterocycles. The topological polar surface area (TPSA) is 220 Å². The molecule has 1 atom stereocenters. The Morgan fingerprint density at radius 1 is 0.818 bits per heavy atom. The molecule has 1 amide bonds. The van der Waals surface area contributed by atoms with E-state index in [1.807, 2.05) is 0 Å². The number of esters is 1. The third-order valence-corrected chi connectivity index (χ3v) is 9.71. The number of hydrogen-bond acceptors (Lipinski definition) is 13. The lowest BCUT2D eigenvalue weighted by atomic mass is 10.1. The zero-order valence-electron chi connectivity index (χ0n) is 34.0. The molecule has 0 aliphatic carbocycles. The summed E-state index contributed by atoms with van der Waals surface area (Å²) in [5.41, 5.74) is -1.78. The number of rotatable bonds is 13. The number of nitrogens with zero attached hydrogens (tertiary/aromatic N) is 2. The molecule has 0 saturated carbocycles. The Hall–Kier alpha value is -6.58. The van der Waals surface area contributed by atoms with Crippen molar-refractivity contribution in [3.8, 4) is 34.5 Å². The molecule has 0 fully saturated rings. The average molecular weight is 1020 g/mol. The number of carbonyl (C=O) groups excluding carboxylic acids is 2. The number of aromatic nitrogens is 1. The molecule has 1 unspecified atom stereocenters. The molecule has 0 saturated heterocycles. The minimum atomic E-state index is -4.62. The standard InChI is InChI=1S/C16H14Cl2O4.C15H10ClF3N2O6S.C11H8ClNO3/c1-10(16(19)20-2)21-12-4-6-13(7-5-12)22-15-8-3-11(17)9-14(15)18;1-28(25,26)20-14(22)10-7-9(3-4-12(10)21(23)24)27-13-5-2-8(6-11(13)16)15(17,18)19;12-8-3-4-9(16-6-10(14)15)11-7(8)2-1-5-13-11/h3-10H,1-2H3;2-7H,1H3,(H,20,22);1-5H,6H2,(H,14,15). The molecule has 0 bridgehead atoms. The normalized spacial score (nSPS) is 11.4. The molecule has 66 heavy (non-hydrogen) atoms. The van der Waals surface area contributed by atoms with E-state index in [4.69, 9.17) is 70.5 Å². The van der Waals surface area contributed by atoms with E-state index in [2.05, 4.69) is 9.72 Å². The monoisotopic (exact) mass is 1020 g/mol. The number of nitrogens with one attached hydrogen (secondary N) is 1. The van der Waals surface area contributed by atoms with E-state index in [-0.39, 0.29) is 11.5 Å². The SMILES string of the molecule is COC(=O)C(C)Oc1ccc(Oc2ccc(Cl)cc2Cl)cc1.CS(=O)(=O)NC(=O)c1cc(Oc2ccc(C(F)(F)F)cc2Cl)ccc1[N+](=O)[O-].O=C(O)COc1ccc(Cl)c2cccnc12. The van der Waals surface area contributed by atoms with Gasteiger partial charge in [0, 0.05) is 28.7 Å². The van der Waals surface area contributed by atoms with Gasteiger partial charge in [-0.05, 0) is 97.9 Å². The maximum atomic E-state index is 12.7. The van der Waals surface area contributed by atoms with Gasteiger partial charge in [-0.3, -0.25) is 19.9 Å². The Morgan fingerprint density at radius 3 is 1.98 bits per heavy atom. The molecule has 0 spiro atoms. The number of carboxylic acid groups (broad SMARTS) is 1. The maximum Gasteiger partial charge on any atom is 0.416 e. The summed E-state index contributed by atoms with van der Waals surface area (Å²) in [4.78, 5) is 48.0. The second-order valence-electron chi connectivity index (χ2n) is 12.9. The number of amides is 1. The van der Waals surface area contributed by atoms with Crippen molar-refractivity contribution in [3.05, 3.63) is 151 Å². The van der Waals surface area contributed by atoms with Crippen molar-refractivity contribution < 1.29 is 69.7 Å². The van der Waals surface area contributed by atoms with Gasteiger partial charge in [-0.25, -0.2) is 22.7 Å². The van der Waals surface area contributed by atoms with E-state index in [0.29, 0.717) is 62.0 Å². The summed E-state index contributed by atoms with van der Waals surface area (Å²) in [6, 6.07) is 23.7. The fourth-order valence-corrected chi connectivity index (χ4v) is 6.42. The summed E-state index contributed by atoms with van der Waals surface area (Å²) in [5.74, 6) is -1.10. The van der Waals surface area contributed by atoms with Crippen LogP contribution in [0, 0.1) is 10.1 Å². The number of carbonyl (C=O) groups is 3. The molecule has 16 nitrogen and oxygen atoms in total. The van der Waals surface area contributed by atoms with E-state index in [1.165, 1.54) is 7.11 Å². The molecule has 0 aliphatic rings. The number of nitro groups is 1. The smallest absolute Gasteiger partial charge is 0.416 e. The van der Waals surface area contributed by atoms with E-state index in [0.717, 1.165) is 29.7 Å². The summed E-state index contributed by atoms with van der Waals surface area (Å²) in [5, 5.41) is 21.5. The first-order valence-corrected chi connectivity index (χ1v) is 21.6. The van der Waals surface area contributed by atoms with Crippen molar-refractivity contribution >= 4 is 90.9 Å². The highest BCUT2D eigenvalue weighted by Crippen LogP contribution is 2.38. The molecule has 2 N–H and O–H groups in total. The first-order chi connectivity index (χ1) is 30.9. The second-order valence-corrected chi connectivity index (χ2v) is 16.3. The number of alkyl halides is 3. The van der Waals surface area contributed by atoms with Crippen molar-refractivity contribution in [2.45, 2.75) is 19.2 Å². The van der Waals surface area contributed by atoms with Gasteiger partial charge in [0.15, 0.2) is 12.7 Å². The van der Waals surface area contributed by atoms with E-state index < -0.39 is 73.5 Å². The number of aliphatic carboxylic acids is 1. The third kappa shape index (κ3) is 15.5. The molecule has 0 radical (unpaired) electrons. The van der Waals surface area contributed by atoms with Crippen LogP contribution in [0.1, 0.15) is 22.8 Å². The molecule has 1 heterocycles. The fraction of sp³-hybridized carbons (Fsp3) is 0.143. The minimum absolute atomic E-state index is 0.189. The first-order valence-electron chi connectivity index (χ1n) is 18.2. The van der Waals surface area contributed by atoms with Gasteiger partial charge in [-0.2, -0.15) is 13.2 Å². The molecule has 6 aromatic rings. The van der Waals surface area contributed by atoms with Crippen LogP contribution in [-0.2, 0) is 30.5 Å². The zero-order chi connectivity index (χ0) is 48.9. The van der Waals surface area contributed by atoms with Crippen LogP contribution in [0.4, 0.5) is 18.9 Å². The predicted molar refractivity (Wildman–Crippen MR) is 237 cm³/mol. The number of pyridine rings is 1. The Labute approximate surface area is 392 Å². The van der Waals surface area contributed by atoms with E-state index >= 15 is 0 Å². The molecule has 6 rings (SSSR count). The lowest BCUT2D eigenvalue weighted by Gasteiger charge is -2.13. The summed E-state index contributed by atoms with van der Waals surface area (Å²) >= 11 is 23.6. The highest BCUT2D eigenvalue weighted by molar-refractivity contribution is 7.89. The summed E-state index contributed by atoms with van der Waals surface area (Å²) in [7, 11) is -2.69. The Morgan fingerprint density at radius 2 is 1.41 bits per heavy atom. The number of carboxylic acids is 1. The average Bonchev–Trinajstić information content (AvgIpc) is 3.25. The van der Waals surface area contributed by atoms with Crippen LogP contribution in [-0.4, -0.2) is 67.4 Å². The minimum Gasteiger partial charge on any atom is -0.480 e. The van der Waals surface area contributed by atoms with Gasteiger partial charge in [0.1, 0.15) is 45.6 Å². The molecular weight excluding hydrogens is 985 g/mol. The summed E-state index contributed by atoms with van der Waals surface area (Å²) in [6.45, 7) is 1.22. The van der Waals surface area contributed by atoms with Crippen LogP contribution in [0.15, 0.2) is 109 Å². The largest absolute Gasteiger partial charge is 0.480 e. The summed E-state index contributed by atoms with van der Waals surface area (Å²) < 4.78 is 88.0. The van der Waals surface area contributed by atoms with Gasteiger partial charge in [0.2, 0.25) is 10.0 Å². The van der Waals surface area contributed by atoms with Gasteiger partial charge < -0.3 is 28.8 Å². The predicted octanol–water partition coefficient (Wildman–Crippen LogP) is 10.8. The summed E-state index contributed by atoms with van der Waals surface area (Å²) in [6.07, 6.45) is -3.01. The lowest BCUT2D eigenvalue weighted by molar-refractivity contribution is -0.385. The Kier molecular flexibility index (Phi) is 18.2. The number of methoxy groups -OCH3 is 1. The Balaban J connectivity index is 0.000000224. The van der Waals surface area contributed by atoms with E-state index in [9.17, 15) is 46.1 Å². The van der Waals surface area contributed by atoms with E-state index in [1.54, 1.807) is 84.6 Å². The number of halogens is 7. The van der Waals surface area contributed by atoms with Gasteiger partial charge in [-0.15, -0.1) is 0 Å². The van der Waals surface area contributed by atoms with Crippen molar-refractivity contribution in [3.63, 3.8) is 0 Å². The van der Waals surface area contributed by atoms with Crippen molar-refractivity contribution in [2.75, 3.05) is 20.0 Å². The van der Waals surface area contributed by atoms with Crippen molar-refractivity contribution in [2.24, 2.45) is 0 Å². The zero-order valence-corrected chi connectivity index (χ0v) is 37.8. The first kappa shape index (κ1) is 52.0. The number of benzene rings is 5. The maximum absolute atomic E-state index is 12.7. The second kappa shape index (κ2) is 23.0. The van der Waals surface area contributed by atoms with Crippen molar-refractivity contribution in [1.82, 2.24) is 9.71 Å². The third-order valence-electron chi connectivity index (χ3n) is 8.00. The van der Waals surface area contributed by atoms with Gasteiger partial charge in [-0.1, -0.05) is 46.4 Å². The van der Waals surface area contributed by atoms with Crippen LogP contribution in [0.25, 0.3) is 10.9 Å². The van der Waals surface area contributed by atoms with Crippen LogP contribution >= 0.6 is 46.4 Å². The molecule has 24 heteroatoms. The molecule has 5 aromatic carbocycles. The number of nitro benzene ring substituents is 1. The molecular formula is C42H32Cl4F3N3O13S. The van der Waals surface area contributed by atoms with Crippen LogP contribution in [0.5, 0.6) is 34.5 Å². The molecule has 348 valence electrons.